The maximum Gasteiger partial charge on any atom is 0.247 e. The molecule has 0 saturated carbocycles. The second-order valence-electron chi connectivity index (χ2n) is 9.97. The van der Waals surface area contributed by atoms with Gasteiger partial charge in [-0.25, -0.2) is 0 Å². The smallest absolute Gasteiger partial charge is 0.247 e. The molecule has 4 atom stereocenters. The summed E-state index contributed by atoms with van der Waals surface area (Å²) in [4.78, 5) is 28.5. The number of aliphatic hydroxyl groups excluding tert-OH is 3. The number of fused-ring (bicyclic) bond motifs is 4. The summed E-state index contributed by atoms with van der Waals surface area (Å²) in [6, 6.07) is 7.75. The van der Waals surface area contributed by atoms with E-state index in [0.29, 0.717) is 34.1 Å². The van der Waals surface area contributed by atoms with E-state index in [4.69, 9.17) is 23.7 Å². The van der Waals surface area contributed by atoms with Crippen LogP contribution in [0, 0.1) is 0 Å². The molecule has 4 unspecified atom stereocenters. The quantitative estimate of drug-likeness (QED) is 0.302. The molecule has 0 aromatic heterocycles. The molecule has 0 spiro atoms. The molecular weight excluding hydrogens is 536 g/mol. The molecule has 12 heteroatoms. The molecular formula is C29H34N2O10. The molecule has 41 heavy (non-hydrogen) atoms. The first-order chi connectivity index (χ1) is 19.9. The fourth-order valence-corrected chi connectivity index (χ4v) is 5.55. The number of hydrogen-bond acceptors (Lipinski definition) is 10. The van der Waals surface area contributed by atoms with Gasteiger partial charge in [-0.05, 0) is 41.5 Å². The Labute approximate surface area is 237 Å². The Morgan fingerprint density at radius 2 is 1.90 bits per heavy atom. The lowest BCUT2D eigenvalue weighted by molar-refractivity contribution is -0.139. The van der Waals surface area contributed by atoms with Crippen LogP contribution >= 0.6 is 0 Å². The summed E-state index contributed by atoms with van der Waals surface area (Å²) in [7, 11) is 2.96. The van der Waals surface area contributed by atoms with E-state index in [9.17, 15) is 24.9 Å². The van der Waals surface area contributed by atoms with Crippen molar-refractivity contribution in [3.05, 3.63) is 58.7 Å². The number of methoxy groups -OCH3 is 2. The monoisotopic (exact) mass is 570 g/mol. The average Bonchev–Trinajstić information content (AvgIpc) is 3.62. The fraction of sp³-hybridized carbons (Fsp3) is 0.448. The van der Waals surface area contributed by atoms with Crippen LogP contribution in [0.4, 0.5) is 0 Å². The number of benzene rings is 2. The highest BCUT2D eigenvalue weighted by molar-refractivity contribution is 5.96. The zero-order chi connectivity index (χ0) is 29.1. The molecule has 2 heterocycles. The van der Waals surface area contributed by atoms with Crippen LogP contribution in [0.15, 0.2) is 42.0 Å². The molecule has 220 valence electrons. The van der Waals surface area contributed by atoms with Crippen molar-refractivity contribution < 1.29 is 48.6 Å². The van der Waals surface area contributed by atoms with Gasteiger partial charge >= 0.3 is 0 Å². The number of carbonyl (C=O) groups is 2. The van der Waals surface area contributed by atoms with Crippen LogP contribution in [-0.2, 0) is 27.5 Å². The number of hydrogen-bond donors (Lipinski definition) is 4. The van der Waals surface area contributed by atoms with Gasteiger partial charge in [0.05, 0.1) is 45.3 Å². The SMILES string of the molecule is COCCC(=O)N(Cc1ccc2c(c1)OCO2)C1C=C(C(=O)NCCO)C2c3cc(CO)cc(OC)c3OC2C1O. The van der Waals surface area contributed by atoms with Gasteiger partial charge in [0.15, 0.2) is 23.0 Å². The van der Waals surface area contributed by atoms with E-state index in [1.165, 1.54) is 19.1 Å². The summed E-state index contributed by atoms with van der Waals surface area (Å²) < 4.78 is 27.8. The van der Waals surface area contributed by atoms with E-state index in [-0.39, 0.29) is 57.6 Å². The third-order valence-electron chi connectivity index (χ3n) is 7.49. The highest BCUT2D eigenvalue weighted by atomic mass is 16.7. The zero-order valence-corrected chi connectivity index (χ0v) is 22.9. The Morgan fingerprint density at radius 1 is 1.10 bits per heavy atom. The number of ether oxygens (including phenoxy) is 5. The molecule has 2 amide bonds. The summed E-state index contributed by atoms with van der Waals surface area (Å²) in [6.07, 6.45) is -0.531. The molecule has 2 aliphatic heterocycles. The largest absolute Gasteiger partial charge is 0.493 e. The van der Waals surface area contributed by atoms with E-state index in [2.05, 4.69) is 5.32 Å². The third-order valence-corrected chi connectivity index (χ3v) is 7.49. The fourth-order valence-electron chi connectivity index (χ4n) is 5.55. The van der Waals surface area contributed by atoms with Crippen molar-refractivity contribution in [1.29, 1.82) is 0 Å². The normalized spacial score (nSPS) is 21.8. The van der Waals surface area contributed by atoms with Crippen molar-refractivity contribution in [2.75, 3.05) is 40.8 Å². The Kier molecular flexibility index (Phi) is 8.64. The molecule has 0 bridgehead atoms. The molecule has 0 radical (unpaired) electrons. The first kappa shape index (κ1) is 28.7. The van der Waals surface area contributed by atoms with Crippen molar-refractivity contribution in [1.82, 2.24) is 10.2 Å². The van der Waals surface area contributed by atoms with Gasteiger partial charge in [-0.3, -0.25) is 9.59 Å². The summed E-state index contributed by atoms with van der Waals surface area (Å²) in [5, 5.41) is 33.6. The Balaban J connectivity index is 1.57. The van der Waals surface area contributed by atoms with Gasteiger partial charge in [0.2, 0.25) is 18.6 Å². The molecule has 0 fully saturated rings. The Morgan fingerprint density at radius 3 is 2.63 bits per heavy atom. The number of carbonyl (C=O) groups excluding carboxylic acids is 2. The number of rotatable bonds is 11. The van der Waals surface area contributed by atoms with Gasteiger partial charge in [-0.1, -0.05) is 6.07 Å². The van der Waals surface area contributed by atoms with Gasteiger partial charge < -0.3 is 49.2 Å². The van der Waals surface area contributed by atoms with Crippen LogP contribution in [0.5, 0.6) is 23.0 Å². The summed E-state index contributed by atoms with van der Waals surface area (Å²) in [6.45, 7) is -0.136. The number of amides is 2. The summed E-state index contributed by atoms with van der Waals surface area (Å²) >= 11 is 0. The van der Waals surface area contributed by atoms with Crippen molar-refractivity contribution in [3.8, 4) is 23.0 Å². The van der Waals surface area contributed by atoms with Gasteiger partial charge in [-0.2, -0.15) is 0 Å². The number of aliphatic hydroxyl groups is 3. The molecule has 2 aromatic rings. The highest BCUT2D eigenvalue weighted by Gasteiger charge is 2.51. The third kappa shape index (κ3) is 5.55. The van der Waals surface area contributed by atoms with E-state index in [0.717, 1.165) is 5.56 Å². The highest BCUT2D eigenvalue weighted by Crippen LogP contribution is 2.51. The minimum atomic E-state index is -1.23. The number of nitrogens with zero attached hydrogens (tertiary/aromatic N) is 1. The molecule has 0 saturated heterocycles. The molecule has 3 aliphatic rings. The molecule has 5 rings (SSSR count). The van der Waals surface area contributed by atoms with Gasteiger partial charge in [-0.15, -0.1) is 0 Å². The van der Waals surface area contributed by atoms with Gasteiger partial charge in [0.25, 0.3) is 0 Å². The molecule has 2 aromatic carbocycles. The van der Waals surface area contributed by atoms with E-state index in [1.807, 2.05) is 6.07 Å². The Bertz CT molecular complexity index is 1330. The lowest BCUT2D eigenvalue weighted by Crippen LogP contribution is -2.55. The van der Waals surface area contributed by atoms with Crippen LogP contribution in [0.2, 0.25) is 0 Å². The average molecular weight is 571 g/mol. The van der Waals surface area contributed by atoms with Crippen LogP contribution in [0.1, 0.15) is 29.0 Å². The standard InChI is InChI=1S/C29H34N2O10/c1-37-8-5-24(34)31(13-16-3-4-21-22(10-16)40-15-39-21)20-12-19(29(36)30-6-7-32)25-18-9-17(14-33)11-23(38-2)27(18)41-28(25)26(20)35/h3-4,9-12,20,25-26,28,32-33,35H,5-8,13-15H2,1-2H3,(H,30,36). The minimum Gasteiger partial charge on any atom is -0.493 e. The number of nitrogens with one attached hydrogen (secondary N) is 1. The van der Waals surface area contributed by atoms with Crippen LogP contribution in [0.25, 0.3) is 0 Å². The lowest BCUT2D eigenvalue weighted by Gasteiger charge is -2.40. The van der Waals surface area contributed by atoms with Crippen LogP contribution < -0.4 is 24.3 Å². The van der Waals surface area contributed by atoms with Crippen LogP contribution in [-0.4, -0.2) is 91.1 Å². The predicted molar refractivity (Wildman–Crippen MR) is 144 cm³/mol. The predicted octanol–water partition coefficient (Wildman–Crippen LogP) is 0.604. The summed E-state index contributed by atoms with van der Waals surface area (Å²) in [5.74, 6) is 0.384. The van der Waals surface area contributed by atoms with Crippen molar-refractivity contribution in [3.63, 3.8) is 0 Å². The lowest BCUT2D eigenvalue weighted by atomic mass is 9.77. The molecule has 12 nitrogen and oxygen atoms in total. The molecule has 1 aliphatic carbocycles. The first-order valence-corrected chi connectivity index (χ1v) is 13.3. The van der Waals surface area contributed by atoms with Crippen molar-refractivity contribution >= 4 is 11.8 Å². The van der Waals surface area contributed by atoms with Gasteiger partial charge in [0.1, 0.15) is 12.2 Å². The van der Waals surface area contributed by atoms with E-state index >= 15 is 0 Å². The minimum absolute atomic E-state index is 0.0160. The zero-order valence-electron chi connectivity index (χ0n) is 22.9. The second-order valence-corrected chi connectivity index (χ2v) is 9.97. The maximum atomic E-state index is 13.6. The first-order valence-electron chi connectivity index (χ1n) is 13.3. The van der Waals surface area contributed by atoms with E-state index in [1.54, 1.807) is 30.3 Å². The topological polar surface area (TPSA) is 156 Å². The van der Waals surface area contributed by atoms with Gasteiger partial charge in [0, 0.05) is 31.3 Å². The van der Waals surface area contributed by atoms with E-state index < -0.39 is 30.1 Å². The van der Waals surface area contributed by atoms with Crippen molar-refractivity contribution in [2.24, 2.45) is 0 Å². The maximum absolute atomic E-state index is 13.6. The summed E-state index contributed by atoms with van der Waals surface area (Å²) in [5.41, 5.74) is 2.13. The molecule has 4 N–H and O–H groups in total. The Hall–Kier alpha value is -3.84. The second kappa shape index (κ2) is 12.4. The van der Waals surface area contributed by atoms with Crippen LogP contribution in [0.3, 0.4) is 0 Å². The van der Waals surface area contributed by atoms with Crippen molar-refractivity contribution in [2.45, 2.75) is 43.7 Å².